The van der Waals surface area contributed by atoms with Gasteiger partial charge < -0.3 is 19.9 Å². The van der Waals surface area contributed by atoms with E-state index >= 15 is 0 Å². The van der Waals surface area contributed by atoms with Crippen molar-refractivity contribution in [3.05, 3.63) is 0 Å². The van der Waals surface area contributed by atoms with Crippen LogP contribution in [0.5, 0.6) is 0 Å². The SMILES string of the molecule is CN=C(NCC1CN2CCN1CC2)N1CCN(CC(=O)N2CCOCC2)CC1. The van der Waals surface area contributed by atoms with Crippen molar-refractivity contribution in [3.63, 3.8) is 0 Å². The molecule has 0 spiro atoms. The highest BCUT2D eigenvalue weighted by atomic mass is 16.5. The molecule has 1 amide bonds. The number of hydrogen-bond acceptors (Lipinski definition) is 6. The van der Waals surface area contributed by atoms with Crippen LogP contribution < -0.4 is 5.32 Å². The van der Waals surface area contributed by atoms with Crippen molar-refractivity contribution in [2.45, 2.75) is 6.04 Å². The van der Waals surface area contributed by atoms with Crippen LogP contribution in [0.3, 0.4) is 0 Å². The monoisotopic (exact) mass is 393 g/mol. The Labute approximate surface area is 168 Å². The maximum absolute atomic E-state index is 12.4. The van der Waals surface area contributed by atoms with E-state index in [1.807, 2.05) is 11.9 Å². The number of piperazine rings is 4. The number of ether oxygens (including phenoxy) is 1. The van der Waals surface area contributed by atoms with Gasteiger partial charge in [-0.25, -0.2) is 0 Å². The zero-order chi connectivity index (χ0) is 19.3. The first-order valence-electron chi connectivity index (χ1n) is 10.7. The molecule has 5 aliphatic heterocycles. The maximum atomic E-state index is 12.4. The van der Waals surface area contributed by atoms with Gasteiger partial charge in [0.25, 0.3) is 0 Å². The van der Waals surface area contributed by atoms with E-state index in [2.05, 4.69) is 29.9 Å². The van der Waals surface area contributed by atoms with Gasteiger partial charge in [0.1, 0.15) is 0 Å². The number of carbonyl (C=O) groups excluding carboxylic acids is 1. The lowest BCUT2D eigenvalue weighted by Gasteiger charge is -2.47. The molecule has 1 unspecified atom stereocenters. The second-order valence-electron chi connectivity index (χ2n) is 8.17. The van der Waals surface area contributed by atoms with Crippen molar-refractivity contribution in [2.75, 3.05) is 105 Å². The van der Waals surface area contributed by atoms with E-state index in [9.17, 15) is 4.79 Å². The van der Waals surface area contributed by atoms with Crippen LogP contribution in [0.4, 0.5) is 0 Å². The third-order valence-corrected chi connectivity index (χ3v) is 6.49. The predicted molar refractivity (Wildman–Crippen MR) is 109 cm³/mol. The average molecular weight is 394 g/mol. The van der Waals surface area contributed by atoms with Gasteiger partial charge in [0.05, 0.1) is 19.8 Å². The number of hydrogen-bond donors (Lipinski definition) is 1. The lowest BCUT2D eigenvalue weighted by molar-refractivity contribution is -0.136. The molecule has 9 nitrogen and oxygen atoms in total. The predicted octanol–water partition coefficient (Wildman–Crippen LogP) is -1.96. The molecule has 5 fully saturated rings. The largest absolute Gasteiger partial charge is 0.378 e. The van der Waals surface area contributed by atoms with Crippen LogP contribution in [0.2, 0.25) is 0 Å². The first-order chi connectivity index (χ1) is 13.7. The molecule has 1 atom stereocenters. The quantitative estimate of drug-likeness (QED) is 0.439. The van der Waals surface area contributed by atoms with E-state index in [-0.39, 0.29) is 5.91 Å². The van der Waals surface area contributed by atoms with Gasteiger partial charge in [-0.1, -0.05) is 0 Å². The molecule has 0 aromatic heterocycles. The Hall–Kier alpha value is -1.42. The lowest BCUT2D eigenvalue weighted by atomic mass is 10.1. The summed E-state index contributed by atoms with van der Waals surface area (Å²) in [6.45, 7) is 13.9. The van der Waals surface area contributed by atoms with Crippen LogP contribution >= 0.6 is 0 Å². The van der Waals surface area contributed by atoms with Crippen molar-refractivity contribution in [1.82, 2.24) is 29.8 Å². The van der Waals surface area contributed by atoms with Gasteiger partial charge >= 0.3 is 0 Å². The van der Waals surface area contributed by atoms with Crippen LogP contribution in [-0.2, 0) is 9.53 Å². The third-order valence-electron chi connectivity index (χ3n) is 6.49. The van der Waals surface area contributed by atoms with Crippen molar-refractivity contribution in [2.24, 2.45) is 4.99 Å². The molecular formula is C19H35N7O2. The number of nitrogens with zero attached hydrogens (tertiary/aromatic N) is 6. The zero-order valence-corrected chi connectivity index (χ0v) is 17.2. The molecule has 5 heterocycles. The molecule has 5 aliphatic rings. The van der Waals surface area contributed by atoms with Gasteiger partial charge in [-0.15, -0.1) is 0 Å². The van der Waals surface area contributed by atoms with Crippen molar-refractivity contribution in [3.8, 4) is 0 Å². The summed E-state index contributed by atoms with van der Waals surface area (Å²) in [5.74, 6) is 1.23. The Morgan fingerprint density at radius 1 is 0.964 bits per heavy atom. The topological polar surface area (TPSA) is 66.9 Å². The number of amides is 1. The highest BCUT2D eigenvalue weighted by Gasteiger charge is 2.32. The number of nitrogens with one attached hydrogen (secondary N) is 1. The summed E-state index contributed by atoms with van der Waals surface area (Å²) in [4.78, 5) is 28.7. The summed E-state index contributed by atoms with van der Waals surface area (Å²) in [7, 11) is 1.87. The molecule has 5 rings (SSSR count). The highest BCUT2D eigenvalue weighted by molar-refractivity contribution is 5.80. The summed E-state index contributed by atoms with van der Waals surface area (Å²) in [5.41, 5.74) is 0. The summed E-state index contributed by atoms with van der Waals surface area (Å²) in [6.07, 6.45) is 0. The number of morpholine rings is 1. The molecular weight excluding hydrogens is 358 g/mol. The molecule has 9 heteroatoms. The van der Waals surface area contributed by atoms with Gasteiger partial charge in [-0.3, -0.25) is 24.5 Å². The number of guanidine groups is 1. The highest BCUT2D eigenvalue weighted by Crippen LogP contribution is 2.15. The summed E-state index contributed by atoms with van der Waals surface area (Å²) < 4.78 is 5.34. The molecule has 0 aromatic rings. The molecule has 28 heavy (non-hydrogen) atoms. The molecule has 158 valence electrons. The van der Waals surface area contributed by atoms with Gasteiger partial charge in [0, 0.05) is 91.6 Å². The van der Waals surface area contributed by atoms with Gasteiger partial charge in [-0.2, -0.15) is 0 Å². The maximum Gasteiger partial charge on any atom is 0.236 e. The molecule has 0 saturated carbocycles. The van der Waals surface area contributed by atoms with E-state index in [1.54, 1.807) is 0 Å². The first kappa shape index (κ1) is 19.9. The van der Waals surface area contributed by atoms with E-state index in [0.29, 0.717) is 25.8 Å². The van der Waals surface area contributed by atoms with E-state index in [0.717, 1.165) is 51.8 Å². The van der Waals surface area contributed by atoms with Crippen LogP contribution in [0.25, 0.3) is 0 Å². The molecule has 1 N–H and O–H groups in total. The lowest BCUT2D eigenvalue weighted by Crippen LogP contribution is -2.64. The molecule has 0 radical (unpaired) electrons. The van der Waals surface area contributed by atoms with Crippen LogP contribution in [0.15, 0.2) is 4.99 Å². The van der Waals surface area contributed by atoms with E-state index < -0.39 is 0 Å². The first-order valence-corrected chi connectivity index (χ1v) is 10.7. The minimum absolute atomic E-state index is 0.232. The van der Waals surface area contributed by atoms with E-state index in [1.165, 1.54) is 32.7 Å². The number of aliphatic imine (C=N–C) groups is 1. The van der Waals surface area contributed by atoms with Crippen molar-refractivity contribution < 1.29 is 9.53 Å². The normalized spacial score (nSPS) is 31.9. The second kappa shape index (κ2) is 9.39. The van der Waals surface area contributed by atoms with Crippen molar-refractivity contribution >= 4 is 11.9 Å². The number of carbonyl (C=O) groups is 1. The minimum Gasteiger partial charge on any atom is -0.378 e. The molecule has 0 aromatic carbocycles. The standard InChI is InChI=1S/C19H35N7O2/c1-20-19(21-14-17-15-22-2-6-24(17)7-3-22)26-8-4-23(5-9-26)16-18(27)25-10-12-28-13-11-25/h17H,2-16H2,1H3,(H,20,21). The Kier molecular flexibility index (Phi) is 6.66. The Morgan fingerprint density at radius 2 is 1.68 bits per heavy atom. The molecule has 0 aliphatic carbocycles. The Balaban J connectivity index is 1.19. The van der Waals surface area contributed by atoms with Crippen molar-refractivity contribution in [1.29, 1.82) is 0 Å². The summed E-state index contributed by atoms with van der Waals surface area (Å²) >= 11 is 0. The molecule has 5 saturated heterocycles. The fraction of sp³-hybridized carbons (Fsp3) is 0.895. The minimum atomic E-state index is 0.232. The smallest absolute Gasteiger partial charge is 0.236 e. The van der Waals surface area contributed by atoms with Gasteiger partial charge in [0.2, 0.25) is 5.91 Å². The Morgan fingerprint density at radius 3 is 2.29 bits per heavy atom. The van der Waals surface area contributed by atoms with Crippen LogP contribution in [-0.4, -0.2) is 148 Å². The number of rotatable bonds is 4. The van der Waals surface area contributed by atoms with Crippen LogP contribution in [0, 0.1) is 0 Å². The number of fused-ring (bicyclic) bond motifs is 3. The third kappa shape index (κ3) is 4.76. The van der Waals surface area contributed by atoms with Gasteiger partial charge in [0.15, 0.2) is 5.96 Å². The molecule has 2 bridgehead atoms. The summed E-state index contributed by atoms with van der Waals surface area (Å²) in [5, 5.41) is 3.60. The van der Waals surface area contributed by atoms with E-state index in [4.69, 9.17) is 4.74 Å². The van der Waals surface area contributed by atoms with Crippen LogP contribution in [0.1, 0.15) is 0 Å². The van der Waals surface area contributed by atoms with Gasteiger partial charge in [-0.05, 0) is 0 Å². The Bertz CT molecular complexity index is 550. The fourth-order valence-corrected chi connectivity index (χ4v) is 4.68. The zero-order valence-electron chi connectivity index (χ0n) is 17.2. The fourth-order valence-electron chi connectivity index (χ4n) is 4.68. The average Bonchev–Trinajstić information content (AvgIpc) is 2.76. The second-order valence-corrected chi connectivity index (χ2v) is 8.17. The summed E-state index contributed by atoms with van der Waals surface area (Å²) in [6, 6.07) is 0.590.